The van der Waals surface area contributed by atoms with E-state index in [-0.39, 0.29) is 12.1 Å². The summed E-state index contributed by atoms with van der Waals surface area (Å²) < 4.78 is 10.8. The molecule has 1 aliphatic heterocycles. The van der Waals surface area contributed by atoms with Crippen molar-refractivity contribution in [3.63, 3.8) is 0 Å². The van der Waals surface area contributed by atoms with Crippen molar-refractivity contribution in [2.45, 2.75) is 31.7 Å². The second kappa shape index (κ2) is 6.68. The summed E-state index contributed by atoms with van der Waals surface area (Å²) in [6, 6.07) is 1.73. The van der Waals surface area contributed by atoms with Crippen LogP contribution in [0.4, 0.5) is 5.95 Å². The van der Waals surface area contributed by atoms with Crippen LogP contribution in [-0.2, 0) is 4.74 Å². The summed E-state index contributed by atoms with van der Waals surface area (Å²) in [7, 11) is 0. The third-order valence-electron chi connectivity index (χ3n) is 3.21. The minimum Gasteiger partial charge on any atom is -0.478 e. The van der Waals surface area contributed by atoms with Crippen LogP contribution in [0.25, 0.3) is 0 Å². The van der Waals surface area contributed by atoms with Crippen molar-refractivity contribution in [2.75, 3.05) is 31.7 Å². The van der Waals surface area contributed by atoms with Gasteiger partial charge in [0.05, 0.1) is 18.8 Å². The zero-order chi connectivity index (χ0) is 13.6. The number of nitrogens with one attached hydrogen (secondary N) is 1. The smallest absolute Gasteiger partial charge is 0.226 e. The summed E-state index contributed by atoms with van der Waals surface area (Å²) in [4.78, 5) is 8.48. The van der Waals surface area contributed by atoms with E-state index in [4.69, 9.17) is 9.47 Å². The summed E-state index contributed by atoms with van der Waals surface area (Å²) in [6.07, 6.45) is 4.08. The van der Waals surface area contributed by atoms with Gasteiger partial charge in [-0.05, 0) is 19.3 Å². The van der Waals surface area contributed by atoms with Gasteiger partial charge in [0.25, 0.3) is 0 Å². The molecule has 0 aromatic carbocycles. The highest BCUT2D eigenvalue weighted by Crippen LogP contribution is 2.24. The van der Waals surface area contributed by atoms with E-state index in [1.165, 1.54) is 0 Å². The Labute approximate surface area is 113 Å². The third kappa shape index (κ3) is 3.78. The SMILES string of the molecule is CCCOc1ccnc(NC2(CO)CCOCC2)n1. The van der Waals surface area contributed by atoms with Crippen LogP contribution in [0.5, 0.6) is 5.88 Å². The summed E-state index contributed by atoms with van der Waals surface area (Å²) in [5.74, 6) is 1.05. The van der Waals surface area contributed by atoms with Crippen LogP contribution in [0.2, 0.25) is 0 Å². The summed E-state index contributed by atoms with van der Waals surface area (Å²) in [5, 5.41) is 12.8. The maximum atomic E-state index is 9.61. The van der Waals surface area contributed by atoms with Crippen LogP contribution in [-0.4, -0.2) is 47.0 Å². The summed E-state index contributed by atoms with van der Waals surface area (Å²) in [6.45, 7) is 4.00. The fraction of sp³-hybridized carbons (Fsp3) is 0.692. The normalized spacial score (nSPS) is 18.0. The lowest BCUT2D eigenvalue weighted by atomic mass is 9.91. The molecule has 0 radical (unpaired) electrons. The van der Waals surface area contributed by atoms with Crippen LogP contribution in [0, 0.1) is 0 Å². The van der Waals surface area contributed by atoms with Gasteiger partial charge in [-0.2, -0.15) is 4.98 Å². The first-order valence-corrected chi connectivity index (χ1v) is 6.71. The molecule has 1 saturated heterocycles. The molecule has 1 aromatic rings. The molecule has 0 amide bonds. The van der Waals surface area contributed by atoms with Gasteiger partial charge in [-0.1, -0.05) is 6.92 Å². The van der Waals surface area contributed by atoms with Gasteiger partial charge in [0.2, 0.25) is 11.8 Å². The second-order valence-corrected chi connectivity index (χ2v) is 4.74. The molecule has 0 atom stereocenters. The number of aromatic nitrogens is 2. The quantitative estimate of drug-likeness (QED) is 0.807. The van der Waals surface area contributed by atoms with Crippen molar-refractivity contribution in [3.8, 4) is 5.88 Å². The van der Waals surface area contributed by atoms with Crippen molar-refractivity contribution in [2.24, 2.45) is 0 Å². The molecule has 0 unspecified atom stereocenters. The number of aliphatic hydroxyl groups is 1. The topological polar surface area (TPSA) is 76.5 Å². The van der Waals surface area contributed by atoms with Crippen molar-refractivity contribution >= 4 is 5.95 Å². The lowest BCUT2D eigenvalue weighted by molar-refractivity contribution is 0.0376. The van der Waals surface area contributed by atoms with Gasteiger partial charge < -0.3 is 19.9 Å². The number of rotatable bonds is 6. The number of nitrogens with zero attached hydrogens (tertiary/aromatic N) is 2. The molecule has 106 valence electrons. The zero-order valence-electron chi connectivity index (χ0n) is 11.3. The van der Waals surface area contributed by atoms with Gasteiger partial charge in [-0.3, -0.25) is 0 Å². The van der Waals surface area contributed by atoms with Gasteiger partial charge in [0.15, 0.2) is 0 Å². The first-order valence-electron chi connectivity index (χ1n) is 6.71. The molecule has 6 nitrogen and oxygen atoms in total. The standard InChI is InChI=1S/C13H21N3O3/c1-2-7-19-11-3-6-14-12(15-11)16-13(10-17)4-8-18-9-5-13/h3,6,17H,2,4-5,7-10H2,1H3,(H,14,15,16). The lowest BCUT2D eigenvalue weighted by Gasteiger charge is -2.36. The van der Waals surface area contributed by atoms with Crippen LogP contribution in [0.15, 0.2) is 12.3 Å². The average molecular weight is 267 g/mol. The average Bonchev–Trinajstić information content (AvgIpc) is 2.46. The first kappa shape index (κ1) is 14.0. The van der Waals surface area contributed by atoms with Gasteiger partial charge in [0.1, 0.15) is 0 Å². The molecule has 2 N–H and O–H groups in total. The molecule has 2 heterocycles. The van der Waals surface area contributed by atoms with Gasteiger partial charge in [0, 0.05) is 25.5 Å². The van der Waals surface area contributed by atoms with Crippen LogP contribution in [0.3, 0.4) is 0 Å². The van der Waals surface area contributed by atoms with E-state index in [2.05, 4.69) is 15.3 Å². The Morgan fingerprint density at radius 3 is 2.95 bits per heavy atom. The molecular formula is C13H21N3O3. The van der Waals surface area contributed by atoms with E-state index < -0.39 is 0 Å². The van der Waals surface area contributed by atoms with E-state index in [0.29, 0.717) is 31.6 Å². The highest BCUT2D eigenvalue weighted by atomic mass is 16.5. The molecule has 2 rings (SSSR count). The lowest BCUT2D eigenvalue weighted by Crippen LogP contribution is -2.47. The number of hydrogen-bond acceptors (Lipinski definition) is 6. The Bertz CT molecular complexity index is 394. The predicted octanol–water partition coefficient (Wildman–Crippen LogP) is 1.22. The Morgan fingerprint density at radius 1 is 1.47 bits per heavy atom. The zero-order valence-corrected chi connectivity index (χ0v) is 11.3. The molecule has 0 saturated carbocycles. The molecule has 1 fully saturated rings. The maximum absolute atomic E-state index is 9.61. The van der Waals surface area contributed by atoms with Crippen LogP contribution < -0.4 is 10.1 Å². The molecular weight excluding hydrogens is 246 g/mol. The molecule has 0 bridgehead atoms. The minimum absolute atomic E-state index is 0.0414. The van der Waals surface area contributed by atoms with Gasteiger partial charge in [-0.25, -0.2) is 4.98 Å². The molecule has 19 heavy (non-hydrogen) atoms. The Morgan fingerprint density at radius 2 is 2.26 bits per heavy atom. The van der Waals surface area contributed by atoms with Crippen LogP contribution >= 0.6 is 0 Å². The summed E-state index contributed by atoms with van der Waals surface area (Å²) >= 11 is 0. The molecule has 1 aromatic heterocycles. The molecule has 6 heteroatoms. The van der Waals surface area contributed by atoms with Crippen molar-refractivity contribution in [3.05, 3.63) is 12.3 Å². The largest absolute Gasteiger partial charge is 0.478 e. The maximum Gasteiger partial charge on any atom is 0.226 e. The number of anilines is 1. The molecule has 0 aliphatic carbocycles. The van der Waals surface area contributed by atoms with E-state index >= 15 is 0 Å². The Balaban J connectivity index is 2.04. The second-order valence-electron chi connectivity index (χ2n) is 4.74. The fourth-order valence-electron chi connectivity index (χ4n) is 2.01. The predicted molar refractivity (Wildman–Crippen MR) is 71.3 cm³/mol. The minimum atomic E-state index is -0.387. The molecule has 0 spiro atoms. The first-order chi connectivity index (χ1) is 9.28. The van der Waals surface area contributed by atoms with E-state index in [1.807, 2.05) is 6.92 Å². The Hall–Kier alpha value is -1.40. The highest BCUT2D eigenvalue weighted by molar-refractivity contribution is 5.32. The van der Waals surface area contributed by atoms with Gasteiger partial charge in [-0.15, -0.1) is 0 Å². The van der Waals surface area contributed by atoms with Crippen molar-refractivity contribution in [1.29, 1.82) is 0 Å². The van der Waals surface area contributed by atoms with E-state index in [9.17, 15) is 5.11 Å². The number of aliphatic hydroxyl groups excluding tert-OH is 1. The van der Waals surface area contributed by atoms with Crippen molar-refractivity contribution < 1.29 is 14.6 Å². The molecule has 1 aliphatic rings. The Kier molecular flexibility index (Phi) is 4.93. The van der Waals surface area contributed by atoms with Crippen molar-refractivity contribution in [1.82, 2.24) is 9.97 Å². The number of hydrogen-bond donors (Lipinski definition) is 2. The van der Waals surface area contributed by atoms with Crippen LogP contribution in [0.1, 0.15) is 26.2 Å². The van der Waals surface area contributed by atoms with Gasteiger partial charge >= 0.3 is 0 Å². The monoisotopic (exact) mass is 267 g/mol. The van der Waals surface area contributed by atoms with E-state index in [0.717, 1.165) is 19.3 Å². The fourth-order valence-corrected chi connectivity index (χ4v) is 2.01. The summed E-state index contributed by atoms with van der Waals surface area (Å²) in [5.41, 5.74) is -0.387. The third-order valence-corrected chi connectivity index (χ3v) is 3.21. The highest BCUT2D eigenvalue weighted by Gasteiger charge is 2.32. The number of ether oxygens (including phenoxy) is 2. The van der Waals surface area contributed by atoms with E-state index in [1.54, 1.807) is 12.3 Å².